The summed E-state index contributed by atoms with van der Waals surface area (Å²) in [6.45, 7) is 5.82. The molecule has 1 heterocycles. The molecule has 0 spiro atoms. The van der Waals surface area contributed by atoms with Crippen molar-refractivity contribution in [1.82, 2.24) is 15.5 Å². The molecule has 22 heavy (non-hydrogen) atoms. The van der Waals surface area contributed by atoms with Crippen LogP contribution in [0.1, 0.15) is 58.9 Å². The summed E-state index contributed by atoms with van der Waals surface area (Å²) in [7, 11) is 0. The van der Waals surface area contributed by atoms with Crippen molar-refractivity contribution in [3.8, 4) is 0 Å². The largest absolute Gasteiger partial charge is 0.340 e. The van der Waals surface area contributed by atoms with E-state index in [0.29, 0.717) is 17.3 Å². The van der Waals surface area contributed by atoms with Crippen LogP contribution in [0.15, 0.2) is 22.7 Å². The first kappa shape index (κ1) is 14.8. The molecule has 116 valence electrons. The van der Waals surface area contributed by atoms with E-state index in [4.69, 9.17) is 4.52 Å². The van der Waals surface area contributed by atoms with Gasteiger partial charge in [-0.05, 0) is 49.9 Å². The van der Waals surface area contributed by atoms with Crippen LogP contribution >= 0.6 is 0 Å². The molecule has 3 rings (SSSR count). The fraction of sp³-hybridized carbons (Fsp3) is 0.471. The predicted molar refractivity (Wildman–Crippen MR) is 82.6 cm³/mol. The maximum atomic E-state index is 12.7. The lowest BCUT2D eigenvalue weighted by molar-refractivity contribution is 0.0892. The van der Waals surface area contributed by atoms with Crippen molar-refractivity contribution in [3.63, 3.8) is 0 Å². The van der Waals surface area contributed by atoms with E-state index in [9.17, 15) is 4.79 Å². The van der Waals surface area contributed by atoms with Gasteiger partial charge in [0, 0.05) is 12.5 Å². The minimum atomic E-state index is -0.492. The van der Waals surface area contributed by atoms with Crippen molar-refractivity contribution in [2.24, 2.45) is 0 Å². The first-order chi connectivity index (χ1) is 10.5. The first-order valence-corrected chi connectivity index (χ1v) is 7.71. The normalized spacial score (nSPS) is 16.7. The third-order valence-electron chi connectivity index (χ3n) is 4.53. The number of rotatable bonds is 3. The van der Waals surface area contributed by atoms with Gasteiger partial charge in [-0.2, -0.15) is 4.98 Å². The number of nitrogens with zero attached hydrogens (tertiary/aromatic N) is 2. The van der Waals surface area contributed by atoms with Gasteiger partial charge in [0.1, 0.15) is 5.54 Å². The van der Waals surface area contributed by atoms with Crippen molar-refractivity contribution in [3.05, 3.63) is 46.6 Å². The molecule has 1 N–H and O–H groups in total. The highest BCUT2D eigenvalue weighted by atomic mass is 16.5. The number of carbonyl (C=O) groups is 1. The zero-order valence-corrected chi connectivity index (χ0v) is 13.3. The van der Waals surface area contributed by atoms with Crippen LogP contribution in [-0.2, 0) is 5.54 Å². The van der Waals surface area contributed by atoms with Gasteiger partial charge in [0.2, 0.25) is 5.89 Å². The molecular formula is C17H21N3O2. The van der Waals surface area contributed by atoms with Crippen molar-refractivity contribution >= 4 is 5.91 Å². The fourth-order valence-corrected chi connectivity index (χ4v) is 3.05. The van der Waals surface area contributed by atoms with Crippen molar-refractivity contribution in [2.45, 2.75) is 52.0 Å². The van der Waals surface area contributed by atoms with E-state index in [1.165, 1.54) is 5.56 Å². The Kier molecular flexibility index (Phi) is 3.72. The third kappa shape index (κ3) is 2.63. The predicted octanol–water partition coefficient (Wildman–Crippen LogP) is 3.19. The molecule has 5 heteroatoms. The van der Waals surface area contributed by atoms with Gasteiger partial charge in [-0.25, -0.2) is 0 Å². The van der Waals surface area contributed by atoms with E-state index in [0.717, 1.165) is 31.2 Å². The topological polar surface area (TPSA) is 68.0 Å². The maximum Gasteiger partial charge on any atom is 0.252 e. The number of carbonyl (C=O) groups excluding carboxylic acids is 1. The van der Waals surface area contributed by atoms with Crippen molar-refractivity contribution in [1.29, 1.82) is 0 Å². The molecule has 0 atom stereocenters. The summed E-state index contributed by atoms with van der Waals surface area (Å²) in [6, 6.07) is 5.76. The highest BCUT2D eigenvalue weighted by molar-refractivity contribution is 5.95. The number of aromatic nitrogens is 2. The number of aryl methyl sites for hydroxylation is 3. The van der Waals surface area contributed by atoms with E-state index in [-0.39, 0.29) is 5.91 Å². The fourth-order valence-electron chi connectivity index (χ4n) is 3.05. The Morgan fingerprint density at radius 2 is 1.91 bits per heavy atom. The third-order valence-corrected chi connectivity index (χ3v) is 4.53. The summed E-state index contributed by atoms with van der Waals surface area (Å²) in [6.07, 6.45) is 3.81. The van der Waals surface area contributed by atoms with Gasteiger partial charge in [0.05, 0.1) is 0 Å². The van der Waals surface area contributed by atoms with Crippen molar-refractivity contribution < 1.29 is 9.32 Å². The zero-order chi connectivity index (χ0) is 15.7. The van der Waals surface area contributed by atoms with Crippen LogP contribution in [0.5, 0.6) is 0 Å². The second kappa shape index (κ2) is 5.55. The molecule has 1 aliphatic carbocycles. The van der Waals surface area contributed by atoms with Gasteiger partial charge >= 0.3 is 0 Å². The van der Waals surface area contributed by atoms with Gasteiger partial charge in [-0.3, -0.25) is 4.79 Å². The maximum absolute atomic E-state index is 12.7. The quantitative estimate of drug-likeness (QED) is 0.945. The van der Waals surface area contributed by atoms with Crippen LogP contribution in [-0.4, -0.2) is 16.0 Å². The lowest BCUT2D eigenvalue weighted by atomic mass is 9.95. The Balaban J connectivity index is 1.88. The number of amides is 1. The highest BCUT2D eigenvalue weighted by Crippen LogP contribution is 2.37. The average molecular weight is 299 g/mol. The Morgan fingerprint density at radius 3 is 2.50 bits per heavy atom. The number of hydrogen-bond acceptors (Lipinski definition) is 4. The number of benzene rings is 1. The van der Waals surface area contributed by atoms with Crippen LogP contribution < -0.4 is 5.32 Å². The van der Waals surface area contributed by atoms with Gasteiger partial charge in [0.25, 0.3) is 5.91 Å². The van der Waals surface area contributed by atoms with Crippen LogP contribution in [0.25, 0.3) is 0 Å². The Morgan fingerprint density at radius 1 is 1.18 bits per heavy atom. The molecule has 0 saturated heterocycles. The van der Waals surface area contributed by atoms with E-state index in [2.05, 4.69) is 15.5 Å². The second-order valence-corrected chi connectivity index (χ2v) is 6.18. The Bertz CT molecular complexity index is 700. The minimum Gasteiger partial charge on any atom is -0.340 e. The highest BCUT2D eigenvalue weighted by Gasteiger charge is 2.41. The number of nitrogens with one attached hydrogen (secondary N) is 1. The van der Waals surface area contributed by atoms with E-state index in [1.807, 2.05) is 32.0 Å². The van der Waals surface area contributed by atoms with Gasteiger partial charge in [-0.15, -0.1) is 0 Å². The first-order valence-electron chi connectivity index (χ1n) is 7.71. The van der Waals surface area contributed by atoms with Gasteiger partial charge < -0.3 is 9.84 Å². The molecule has 0 radical (unpaired) electrons. The summed E-state index contributed by atoms with van der Waals surface area (Å²) in [5.41, 5.74) is 2.48. The molecule has 1 fully saturated rings. The monoisotopic (exact) mass is 299 g/mol. The molecule has 0 bridgehead atoms. The molecule has 1 saturated carbocycles. The lowest BCUT2D eigenvalue weighted by Gasteiger charge is -2.26. The summed E-state index contributed by atoms with van der Waals surface area (Å²) in [4.78, 5) is 17.0. The minimum absolute atomic E-state index is 0.0764. The molecule has 0 unspecified atom stereocenters. The summed E-state index contributed by atoms with van der Waals surface area (Å²) < 4.78 is 5.11. The summed E-state index contributed by atoms with van der Waals surface area (Å²) in [5, 5.41) is 7.21. The summed E-state index contributed by atoms with van der Waals surface area (Å²) >= 11 is 0. The Labute approximate surface area is 130 Å². The van der Waals surface area contributed by atoms with Crippen LogP contribution in [0, 0.1) is 20.8 Å². The molecular weight excluding hydrogens is 278 g/mol. The lowest BCUT2D eigenvalue weighted by Crippen LogP contribution is -2.44. The molecule has 2 aromatic rings. The molecule has 1 amide bonds. The molecule has 1 aromatic heterocycles. The average Bonchev–Trinajstić information content (AvgIpc) is 3.12. The van der Waals surface area contributed by atoms with Crippen molar-refractivity contribution in [2.75, 3.05) is 0 Å². The van der Waals surface area contributed by atoms with Crippen LogP contribution in [0.3, 0.4) is 0 Å². The second-order valence-electron chi connectivity index (χ2n) is 6.18. The SMILES string of the molecule is Cc1nc(C2(NC(=O)c3ccc(C)c(C)c3)CCCC2)no1. The Hall–Kier alpha value is -2.17. The molecule has 1 aliphatic rings. The smallest absolute Gasteiger partial charge is 0.252 e. The van der Waals surface area contributed by atoms with Gasteiger partial charge in [0.15, 0.2) is 5.82 Å². The number of hydrogen-bond donors (Lipinski definition) is 1. The standard InChI is InChI=1S/C17H21N3O2/c1-11-6-7-14(10-12(11)2)15(21)19-17(8-4-5-9-17)16-18-13(3)22-20-16/h6-7,10H,4-5,8-9H2,1-3H3,(H,19,21). The molecule has 1 aromatic carbocycles. The summed E-state index contributed by atoms with van der Waals surface area (Å²) in [5.74, 6) is 1.05. The van der Waals surface area contributed by atoms with Crippen LogP contribution in [0.2, 0.25) is 0 Å². The molecule has 0 aliphatic heterocycles. The van der Waals surface area contributed by atoms with E-state index < -0.39 is 5.54 Å². The zero-order valence-electron chi connectivity index (χ0n) is 13.3. The van der Waals surface area contributed by atoms with Gasteiger partial charge in [-0.1, -0.05) is 24.1 Å². The van der Waals surface area contributed by atoms with Crippen LogP contribution in [0.4, 0.5) is 0 Å². The van der Waals surface area contributed by atoms with E-state index in [1.54, 1.807) is 6.92 Å². The van der Waals surface area contributed by atoms with E-state index >= 15 is 0 Å². The molecule has 5 nitrogen and oxygen atoms in total.